The highest BCUT2D eigenvalue weighted by molar-refractivity contribution is 5.93. The number of carbonyl (C=O) groups excluding carboxylic acids is 2. The molecule has 0 radical (unpaired) electrons. The van der Waals surface area contributed by atoms with E-state index in [-0.39, 0.29) is 11.6 Å². The summed E-state index contributed by atoms with van der Waals surface area (Å²) in [5.41, 5.74) is 2.89. The molecule has 0 atom stereocenters. The highest BCUT2D eigenvalue weighted by atomic mass is 16.5. The number of fused-ring (bicyclic) bond motifs is 1. The molecule has 3 rings (SSSR count). The molecule has 6 heteroatoms. The van der Waals surface area contributed by atoms with Crippen LogP contribution in [0.3, 0.4) is 0 Å². The van der Waals surface area contributed by atoms with Gasteiger partial charge < -0.3 is 9.64 Å². The number of nitrogens with one attached hydrogen (secondary N) is 1. The Bertz CT molecular complexity index is 765. The second-order valence-corrected chi connectivity index (χ2v) is 5.50. The van der Waals surface area contributed by atoms with E-state index in [0.717, 1.165) is 16.8 Å². The number of amides is 1. The van der Waals surface area contributed by atoms with Crippen molar-refractivity contribution in [1.82, 2.24) is 15.1 Å². The lowest BCUT2D eigenvalue weighted by atomic mass is 10.1. The summed E-state index contributed by atoms with van der Waals surface area (Å²) in [6, 6.07) is 9.66. The molecule has 24 heavy (non-hydrogen) atoms. The van der Waals surface area contributed by atoms with Gasteiger partial charge in [-0.05, 0) is 18.6 Å². The molecule has 0 unspecified atom stereocenters. The van der Waals surface area contributed by atoms with Gasteiger partial charge >= 0.3 is 5.97 Å². The Morgan fingerprint density at radius 1 is 1.33 bits per heavy atom. The molecule has 1 aliphatic rings. The van der Waals surface area contributed by atoms with Crippen LogP contribution >= 0.6 is 0 Å². The maximum absolute atomic E-state index is 12.4. The second kappa shape index (κ2) is 7.12. The predicted molar refractivity (Wildman–Crippen MR) is 89.1 cm³/mol. The quantitative estimate of drug-likeness (QED) is 0.690. The van der Waals surface area contributed by atoms with Crippen LogP contribution in [0.4, 0.5) is 0 Å². The number of carbonyl (C=O) groups is 2. The summed E-state index contributed by atoms with van der Waals surface area (Å²) < 4.78 is 5.01. The fourth-order valence-corrected chi connectivity index (χ4v) is 2.69. The summed E-state index contributed by atoms with van der Waals surface area (Å²) in [6.07, 6.45) is 4.00. The zero-order valence-electron chi connectivity index (χ0n) is 13.5. The van der Waals surface area contributed by atoms with Crippen LogP contribution in [-0.2, 0) is 22.5 Å². The molecule has 6 nitrogen and oxygen atoms in total. The molecule has 0 spiro atoms. The average molecular weight is 325 g/mol. The number of hydrogen-bond acceptors (Lipinski definition) is 4. The van der Waals surface area contributed by atoms with Gasteiger partial charge in [0.15, 0.2) is 5.69 Å². The Hall–Kier alpha value is -2.89. The molecule has 0 saturated carbocycles. The van der Waals surface area contributed by atoms with Crippen molar-refractivity contribution >= 4 is 18.0 Å². The van der Waals surface area contributed by atoms with Gasteiger partial charge in [-0.1, -0.05) is 30.3 Å². The number of esters is 1. The van der Waals surface area contributed by atoms with Crippen LogP contribution < -0.4 is 0 Å². The molecule has 0 aliphatic carbocycles. The molecule has 1 aromatic heterocycles. The maximum Gasteiger partial charge on any atom is 0.359 e. The third-order valence-electron chi connectivity index (χ3n) is 3.93. The Kier molecular flexibility index (Phi) is 4.74. The van der Waals surface area contributed by atoms with Crippen molar-refractivity contribution in [2.24, 2.45) is 0 Å². The monoisotopic (exact) mass is 325 g/mol. The predicted octanol–water partition coefficient (Wildman–Crippen LogP) is 2.18. The van der Waals surface area contributed by atoms with E-state index in [2.05, 4.69) is 10.2 Å². The number of aromatic nitrogens is 2. The molecule has 0 fully saturated rings. The lowest BCUT2D eigenvalue weighted by molar-refractivity contribution is -0.126. The van der Waals surface area contributed by atoms with E-state index in [9.17, 15) is 9.59 Å². The second-order valence-electron chi connectivity index (χ2n) is 5.50. The van der Waals surface area contributed by atoms with Gasteiger partial charge in [-0.3, -0.25) is 9.89 Å². The molecular weight excluding hydrogens is 306 g/mol. The Labute approximate surface area is 140 Å². The number of H-pyrrole nitrogens is 1. The molecule has 2 heterocycles. The summed E-state index contributed by atoms with van der Waals surface area (Å²) in [5.74, 6) is -0.537. The minimum atomic E-state index is -0.455. The van der Waals surface area contributed by atoms with E-state index in [1.54, 1.807) is 24.0 Å². The number of aromatic amines is 1. The summed E-state index contributed by atoms with van der Waals surface area (Å²) in [6.45, 7) is 3.00. The summed E-state index contributed by atoms with van der Waals surface area (Å²) in [4.78, 5) is 26.1. The van der Waals surface area contributed by atoms with Crippen molar-refractivity contribution in [3.63, 3.8) is 0 Å². The number of rotatable bonds is 4. The van der Waals surface area contributed by atoms with Crippen LogP contribution in [0.1, 0.15) is 34.2 Å². The van der Waals surface area contributed by atoms with Crippen LogP contribution in [-0.4, -0.2) is 40.1 Å². The van der Waals surface area contributed by atoms with Crippen LogP contribution in [0.2, 0.25) is 0 Å². The lowest BCUT2D eigenvalue weighted by Gasteiger charge is -2.25. The first kappa shape index (κ1) is 16.0. The first-order chi connectivity index (χ1) is 11.7. The molecule has 0 saturated heterocycles. The topological polar surface area (TPSA) is 75.3 Å². The van der Waals surface area contributed by atoms with Crippen molar-refractivity contribution in [2.75, 3.05) is 13.2 Å². The minimum absolute atomic E-state index is 0.0829. The van der Waals surface area contributed by atoms with E-state index in [0.29, 0.717) is 26.1 Å². The standard InChI is InChI=1S/C18H19N3O3/c1-2-24-18(23)17-14-12-21(11-10-15(14)19-20-17)16(22)9-8-13-6-4-3-5-7-13/h3-9H,2,10-12H2,1H3,(H,19,20)/b9-8+. The van der Waals surface area contributed by atoms with Gasteiger partial charge in [0.25, 0.3) is 0 Å². The smallest absolute Gasteiger partial charge is 0.359 e. The van der Waals surface area contributed by atoms with Crippen LogP contribution in [0.5, 0.6) is 0 Å². The SMILES string of the molecule is CCOC(=O)c1n[nH]c2c1CN(C(=O)/C=C/c1ccccc1)CC2. The third kappa shape index (κ3) is 3.37. The molecule has 1 aliphatic heterocycles. The molecule has 1 amide bonds. The summed E-state index contributed by atoms with van der Waals surface area (Å²) in [5, 5.41) is 6.92. The first-order valence-electron chi connectivity index (χ1n) is 7.94. The molecular formula is C18H19N3O3. The molecule has 0 bridgehead atoms. The number of ether oxygens (including phenoxy) is 1. The van der Waals surface area contributed by atoms with E-state index < -0.39 is 5.97 Å². The summed E-state index contributed by atoms with van der Waals surface area (Å²) in [7, 11) is 0. The van der Waals surface area contributed by atoms with Gasteiger partial charge in [0.2, 0.25) is 5.91 Å². The Morgan fingerprint density at radius 2 is 2.12 bits per heavy atom. The van der Waals surface area contributed by atoms with Crippen LogP contribution in [0, 0.1) is 0 Å². The zero-order valence-corrected chi connectivity index (χ0v) is 13.5. The van der Waals surface area contributed by atoms with Crippen LogP contribution in [0.25, 0.3) is 6.08 Å². The van der Waals surface area contributed by atoms with Gasteiger partial charge in [0.05, 0.1) is 13.2 Å². The Morgan fingerprint density at radius 3 is 2.88 bits per heavy atom. The van der Waals surface area contributed by atoms with Crippen LogP contribution in [0.15, 0.2) is 36.4 Å². The summed E-state index contributed by atoms with van der Waals surface area (Å²) >= 11 is 0. The van der Waals surface area contributed by atoms with E-state index in [1.165, 1.54) is 0 Å². The van der Waals surface area contributed by atoms with E-state index in [1.807, 2.05) is 30.3 Å². The van der Waals surface area contributed by atoms with Gasteiger partial charge in [-0.15, -0.1) is 0 Å². The lowest BCUT2D eigenvalue weighted by Crippen LogP contribution is -2.35. The molecule has 1 aromatic carbocycles. The highest BCUT2D eigenvalue weighted by Gasteiger charge is 2.27. The third-order valence-corrected chi connectivity index (χ3v) is 3.93. The maximum atomic E-state index is 12.4. The van der Waals surface area contributed by atoms with Gasteiger partial charge in [0.1, 0.15) is 0 Å². The molecule has 1 N–H and O–H groups in total. The van der Waals surface area contributed by atoms with Crippen molar-refractivity contribution in [3.8, 4) is 0 Å². The molecule has 124 valence electrons. The number of hydrogen-bond donors (Lipinski definition) is 1. The van der Waals surface area contributed by atoms with E-state index in [4.69, 9.17) is 4.74 Å². The van der Waals surface area contributed by atoms with Crippen molar-refractivity contribution < 1.29 is 14.3 Å². The normalized spacial score (nSPS) is 13.8. The van der Waals surface area contributed by atoms with Crippen molar-refractivity contribution in [1.29, 1.82) is 0 Å². The fourth-order valence-electron chi connectivity index (χ4n) is 2.69. The average Bonchev–Trinajstić information content (AvgIpc) is 3.04. The highest BCUT2D eigenvalue weighted by Crippen LogP contribution is 2.21. The minimum Gasteiger partial charge on any atom is -0.461 e. The number of nitrogens with zero attached hydrogens (tertiary/aromatic N) is 2. The first-order valence-corrected chi connectivity index (χ1v) is 7.94. The Balaban J connectivity index is 1.72. The van der Waals surface area contributed by atoms with Gasteiger partial charge in [0, 0.05) is 30.3 Å². The van der Waals surface area contributed by atoms with E-state index >= 15 is 0 Å². The largest absolute Gasteiger partial charge is 0.461 e. The van der Waals surface area contributed by atoms with Gasteiger partial charge in [-0.25, -0.2) is 4.79 Å². The molecule has 2 aromatic rings. The fraction of sp³-hybridized carbons (Fsp3) is 0.278. The van der Waals surface area contributed by atoms with Gasteiger partial charge in [-0.2, -0.15) is 5.10 Å². The zero-order chi connectivity index (χ0) is 16.9. The van der Waals surface area contributed by atoms with Crippen molar-refractivity contribution in [2.45, 2.75) is 19.9 Å². The van der Waals surface area contributed by atoms with Crippen molar-refractivity contribution in [3.05, 3.63) is 58.9 Å². The number of benzene rings is 1.